The van der Waals surface area contributed by atoms with Gasteiger partial charge in [-0.25, -0.2) is 9.78 Å². The average Bonchev–Trinajstić information content (AvgIpc) is 3.23. The zero-order valence-corrected chi connectivity index (χ0v) is 21.3. The van der Waals surface area contributed by atoms with Gasteiger partial charge in [0.05, 0.1) is 25.5 Å². The summed E-state index contributed by atoms with van der Waals surface area (Å²) in [6.45, 7) is 6.34. The van der Waals surface area contributed by atoms with Crippen LogP contribution in [0.25, 0.3) is 11.5 Å². The number of methoxy groups -OCH3 is 1. The molecule has 192 valence electrons. The van der Waals surface area contributed by atoms with E-state index in [4.69, 9.17) is 18.6 Å². The van der Waals surface area contributed by atoms with Crippen LogP contribution in [0.5, 0.6) is 5.75 Å². The normalized spacial score (nSPS) is 10.8. The van der Waals surface area contributed by atoms with Gasteiger partial charge in [0.2, 0.25) is 5.89 Å². The van der Waals surface area contributed by atoms with E-state index in [0.29, 0.717) is 44.1 Å². The standard InChI is InChI=1S/C28H34N2O6/c1-19(2)35-28(32)29-16-14-23-18-24(12-10-21(23)11-13-26(31)33-4)34-17-15-25-20(3)36-27(30-25)22-8-6-5-7-9-22/h5-10,12,18-19H,11,13-17H2,1-4H3,(H,29,32). The van der Waals surface area contributed by atoms with Crippen molar-refractivity contribution in [3.63, 3.8) is 0 Å². The molecule has 0 saturated carbocycles. The molecule has 1 amide bonds. The second-order valence-corrected chi connectivity index (χ2v) is 8.62. The molecule has 0 bridgehead atoms. The van der Waals surface area contributed by atoms with Crippen molar-refractivity contribution in [3.05, 3.63) is 71.1 Å². The molecule has 0 aliphatic heterocycles. The zero-order chi connectivity index (χ0) is 25.9. The largest absolute Gasteiger partial charge is 0.493 e. The molecule has 0 unspecified atom stereocenters. The lowest BCUT2D eigenvalue weighted by Crippen LogP contribution is -2.28. The summed E-state index contributed by atoms with van der Waals surface area (Å²) in [5.41, 5.74) is 3.79. The van der Waals surface area contributed by atoms with Crippen LogP contribution in [0.1, 0.15) is 42.8 Å². The molecule has 0 saturated heterocycles. The lowest BCUT2D eigenvalue weighted by Gasteiger charge is -2.14. The monoisotopic (exact) mass is 494 g/mol. The highest BCUT2D eigenvalue weighted by molar-refractivity contribution is 5.69. The quantitative estimate of drug-likeness (QED) is 0.352. The number of ether oxygens (including phenoxy) is 3. The van der Waals surface area contributed by atoms with Gasteiger partial charge in [-0.1, -0.05) is 24.3 Å². The van der Waals surface area contributed by atoms with E-state index in [1.165, 1.54) is 7.11 Å². The minimum Gasteiger partial charge on any atom is -0.493 e. The molecule has 0 aliphatic rings. The number of esters is 1. The number of hydrogen-bond acceptors (Lipinski definition) is 7. The van der Waals surface area contributed by atoms with E-state index in [1.807, 2.05) is 55.5 Å². The molecule has 3 aromatic rings. The van der Waals surface area contributed by atoms with Gasteiger partial charge < -0.3 is 23.9 Å². The number of aromatic nitrogens is 1. The van der Waals surface area contributed by atoms with Gasteiger partial charge in [0, 0.05) is 24.9 Å². The number of oxazole rings is 1. The van der Waals surface area contributed by atoms with E-state index in [9.17, 15) is 9.59 Å². The van der Waals surface area contributed by atoms with Crippen molar-refractivity contribution in [2.24, 2.45) is 0 Å². The number of rotatable bonds is 12. The molecular weight excluding hydrogens is 460 g/mol. The molecule has 36 heavy (non-hydrogen) atoms. The van der Waals surface area contributed by atoms with E-state index in [1.54, 1.807) is 13.8 Å². The predicted octanol–water partition coefficient (Wildman–Crippen LogP) is 5.05. The maximum absolute atomic E-state index is 11.8. The first-order valence-corrected chi connectivity index (χ1v) is 12.1. The summed E-state index contributed by atoms with van der Waals surface area (Å²) in [7, 11) is 1.38. The van der Waals surface area contributed by atoms with Gasteiger partial charge in [-0.2, -0.15) is 0 Å². The molecule has 1 aromatic heterocycles. The molecule has 0 radical (unpaired) electrons. The second-order valence-electron chi connectivity index (χ2n) is 8.62. The molecule has 2 aromatic carbocycles. The SMILES string of the molecule is COC(=O)CCc1ccc(OCCc2nc(-c3ccccc3)oc2C)cc1CCNC(=O)OC(C)C. The Labute approximate surface area is 212 Å². The molecule has 8 heteroatoms. The maximum atomic E-state index is 11.8. The van der Waals surface area contributed by atoms with Gasteiger partial charge in [-0.15, -0.1) is 0 Å². The number of nitrogens with one attached hydrogen (secondary N) is 1. The first kappa shape index (κ1) is 26.8. The molecule has 1 N–H and O–H groups in total. The lowest BCUT2D eigenvalue weighted by molar-refractivity contribution is -0.140. The molecule has 0 aliphatic carbocycles. The number of aryl methyl sites for hydroxylation is 2. The van der Waals surface area contributed by atoms with Crippen molar-refractivity contribution in [1.82, 2.24) is 10.3 Å². The number of benzene rings is 2. The summed E-state index contributed by atoms with van der Waals surface area (Å²) in [4.78, 5) is 28.1. The highest BCUT2D eigenvalue weighted by Crippen LogP contribution is 2.23. The molecular formula is C28H34N2O6. The minimum absolute atomic E-state index is 0.186. The van der Waals surface area contributed by atoms with Crippen LogP contribution in [0.15, 0.2) is 52.9 Å². The van der Waals surface area contributed by atoms with Crippen molar-refractivity contribution in [2.45, 2.75) is 52.6 Å². The number of nitrogens with zero attached hydrogens (tertiary/aromatic N) is 1. The topological polar surface area (TPSA) is 99.9 Å². The van der Waals surface area contributed by atoms with Crippen molar-refractivity contribution in [3.8, 4) is 17.2 Å². The van der Waals surface area contributed by atoms with Crippen molar-refractivity contribution in [2.75, 3.05) is 20.3 Å². The zero-order valence-electron chi connectivity index (χ0n) is 21.3. The van der Waals surface area contributed by atoms with Crippen LogP contribution in [-0.4, -0.2) is 43.4 Å². The predicted molar refractivity (Wildman–Crippen MR) is 136 cm³/mol. The Morgan fingerprint density at radius 3 is 2.53 bits per heavy atom. The number of amides is 1. The van der Waals surface area contributed by atoms with E-state index in [2.05, 4.69) is 10.3 Å². The van der Waals surface area contributed by atoms with Crippen molar-refractivity contribution >= 4 is 12.1 Å². The van der Waals surface area contributed by atoms with Crippen molar-refractivity contribution in [1.29, 1.82) is 0 Å². The Morgan fingerprint density at radius 1 is 1.03 bits per heavy atom. The third-order valence-corrected chi connectivity index (χ3v) is 5.53. The van der Waals surface area contributed by atoms with Gasteiger partial charge >= 0.3 is 12.1 Å². The fourth-order valence-corrected chi connectivity index (χ4v) is 3.69. The third-order valence-electron chi connectivity index (χ3n) is 5.53. The van der Waals surface area contributed by atoms with Crippen LogP contribution in [0.2, 0.25) is 0 Å². The fraction of sp³-hybridized carbons (Fsp3) is 0.393. The van der Waals surface area contributed by atoms with Crippen LogP contribution in [0, 0.1) is 6.92 Å². The van der Waals surface area contributed by atoms with E-state index < -0.39 is 6.09 Å². The van der Waals surface area contributed by atoms with Crippen LogP contribution in [-0.2, 0) is 33.5 Å². The first-order valence-electron chi connectivity index (χ1n) is 12.1. The molecule has 3 rings (SSSR count). The van der Waals surface area contributed by atoms with Gasteiger partial charge in [0.15, 0.2) is 0 Å². The Balaban J connectivity index is 1.62. The Morgan fingerprint density at radius 2 is 1.81 bits per heavy atom. The summed E-state index contributed by atoms with van der Waals surface area (Å²) in [5.74, 6) is 1.82. The van der Waals surface area contributed by atoms with Gasteiger partial charge in [-0.3, -0.25) is 4.79 Å². The maximum Gasteiger partial charge on any atom is 0.407 e. The van der Waals surface area contributed by atoms with Crippen LogP contribution < -0.4 is 10.1 Å². The fourth-order valence-electron chi connectivity index (χ4n) is 3.69. The summed E-state index contributed by atoms with van der Waals surface area (Å²) in [5, 5.41) is 2.76. The third kappa shape index (κ3) is 8.15. The minimum atomic E-state index is -0.452. The van der Waals surface area contributed by atoms with Gasteiger partial charge in [0.1, 0.15) is 11.5 Å². The molecule has 0 spiro atoms. The summed E-state index contributed by atoms with van der Waals surface area (Å²) < 4.78 is 21.7. The Hall–Kier alpha value is -3.81. The van der Waals surface area contributed by atoms with E-state index in [-0.39, 0.29) is 18.5 Å². The highest BCUT2D eigenvalue weighted by atomic mass is 16.6. The van der Waals surface area contributed by atoms with E-state index in [0.717, 1.165) is 28.1 Å². The summed E-state index contributed by atoms with van der Waals surface area (Å²) in [6.07, 6.45) is 1.36. The molecule has 1 heterocycles. The molecule has 8 nitrogen and oxygen atoms in total. The molecule has 0 fully saturated rings. The number of alkyl carbamates (subject to hydrolysis) is 1. The van der Waals surface area contributed by atoms with Crippen LogP contribution >= 0.6 is 0 Å². The van der Waals surface area contributed by atoms with Crippen molar-refractivity contribution < 1.29 is 28.2 Å². The van der Waals surface area contributed by atoms with Crippen LogP contribution in [0.3, 0.4) is 0 Å². The number of carbonyl (C=O) groups excluding carboxylic acids is 2. The van der Waals surface area contributed by atoms with Crippen LogP contribution in [0.4, 0.5) is 4.79 Å². The Bertz CT molecular complexity index is 1140. The van der Waals surface area contributed by atoms with Gasteiger partial charge in [-0.05, 0) is 69.0 Å². The second kappa shape index (κ2) is 13.3. The Kier molecular flexibility index (Phi) is 9.92. The highest BCUT2D eigenvalue weighted by Gasteiger charge is 2.13. The summed E-state index contributed by atoms with van der Waals surface area (Å²) >= 11 is 0. The van der Waals surface area contributed by atoms with Gasteiger partial charge in [0.25, 0.3) is 0 Å². The number of hydrogen-bond donors (Lipinski definition) is 1. The molecule has 0 atom stereocenters. The van der Waals surface area contributed by atoms with E-state index >= 15 is 0 Å². The first-order chi connectivity index (χ1) is 17.4. The lowest BCUT2D eigenvalue weighted by atomic mass is 10.00. The smallest absolute Gasteiger partial charge is 0.407 e. The average molecular weight is 495 g/mol. The number of carbonyl (C=O) groups is 2. The summed E-state index contributed by atoms with van der Waals surface area (Å²) in [6, 6.07) is 15.6.